The van der Waals surface area contributed by atoms with Crippen LogP contribution in [0.5, 0.6) is 0 Å². The quantitative estimate of drug-likeness (QED) is 0.674. The normalized spacial score (nSPS) is 10.3. The summed E-state index contributed by atoms with van der Waals surface area (Å²) < 4.78 is 4.14. The Kier molecular flexibility index (Phi) is 2.69. The van der Waals surface area contributed by atoms with E-state index in [9.17, 15) is 0 Å². The fourth-order valence-corrected chi connectivity index (χ4v) is 1.94. The molecule has 10 heavy (non-hydrogen) atoms. The predicted molar refractivity (Wildman–Crippen MR) is 45.9 cm³/mol. The summed E-state index contributed by atoms with van der Waals surface area (Å²) in [5, 5.41) is 0.867. The number of rotatable bonds is 2. The van der Waals surface area contributed by atoms with Gasteiger partial charge in [-0.3, -0.25) is 0 Å². The Morgan fingerprint density at radius 3 is 2.70 bits per heavy atom. The summed E-state index contributed by atoms with van der Waals surface area (Å²) in [5.74, 6) is 0. The molecule has 1 aromatic heterocycles. The van der Waals surface area contributed by atoms with Crippen LogP contribution in [0.3, 0.4) is 0 Å². The molecule has 0 spiro atoms. The largest absolute Gasteiger partial charge is 0.196 e. The van der Waals surface area contributed by atoms with Crippen molar-refractivity contribution in [2.45, 2.75) is 26.7 Å². The number of aromatic nitrogens is 1. The van der Waals surface area contributed by atoms with Gasteiger partial charge in [-0.25, -0.2) is 0 Å². The predicted octanol–water partition coefficient (Wildman–Crippen LogP) is 3.06. The molecule has 1 aromatic rings. The highest BCUT2D eigenvalue weighted by molar-refractivity contribution is 7.06. The molecule has 56 valence electrons. The van der Waals surface area contributed by atoms with Crippen LogP contribution in [0.15, 0.2) is 0 Å². The van der Waals surface area contributed by atoms with Gasteiger partial charge in [0.1, 0.15) is 0 Å². The molecule has 1 heterocycles. The highest BCUT2D eigenvalue weighted by Gasteiger charge is 2.05. The van der Waals surface area contributed by atoms with Gasteiger partial charge < -0.3 is 0 Å². The third kappa shape index (κ3) is 1.50. The first-order valence-corrected chi connectivity index (χ1v) is 4.51. The van der Waals surface area contributed by atoms with Crippen molar-refractivity contribution in [1.29, 1.82) is 0 Å². The van der Waals surface area contributed by atoms with Gasteiger partial charge in [0.2, 0.25) is 0 Å². The van der Waals surface area contributed by atoms with Crippen molar-refractivity contribution in [3.05, 3.63) is 15.6 Å². The molecule has 0 saturated heterocycles. The minimum Gasteiger partial charge on any atom is -0.196 e. The second-order valence-corrected chi connectivity index (χ2v) is 3.49. The molecule has 0 aromatic carbocycles. The molecule has 1 rings (SSSR count). The molecule has 0 aliphatic heterocycles. The minimum absolute atomic E-state index is 0.867. The van der Waals surface area contributed by atoms with Gasteiger partial charge in [-0.05, 0) is 24.9 Å². The van der Waals surface area contributed by atoms with Gasteiger partial charge >= 0.3 is 0 Å². The van der Waals surface area contributed by atoms with E-state index in [1.807, 2.05) is 6.92 Å². The second-order valence-electron chi connectivity index (χ2n) is 2.26. The molecule has 0 aliphatic carbocycles. The maximum Gasteiger partial charge on any atom is 0.0774 e. The van der Waals surface area contributed by atoms with Crippen molar-refractivity contribution >= 4 is 23.1 Å². The number of hydrogen-bond acceptors (Lipinski definition) is 2. The second kappa shape index (κ2) is 3.35. The maximum atomic E-state index is 5.94. The Morgan fingerprint density at radius 1 is 1.60 bits per heavy atom. The van der Waals surface area contributed by atoms with Crippen molar-refractivity contribution in [2.75, 3.05) is 0 Å². The van der Waals surface area contributed by atoms with Gasteiger partial charge in [0.15, 0.2) is 0 Å². The van der Waals surface area contributed by atoms with Crippen LogP contribution in [0.1, 0.15) is 23.9 Å². The lowest BCUT2D eigenvalue weighted by atomic mass is 10.3. The lowest BCUT2D eigenvalue weighted by molar-refractivity contribution is 0.939. The molecule has 0 radical (unpaired) electrons. The number of hydrogen-bond donors (Lipinski definition) is 0. The maximum absolute atomic E-state index is 5.94. The highest BCUT2D eigenvalue weighted by atomic mass is 35.5. The molecule has 1 nitrogen and oxygen atoms in total. The molecular weight excluding hydrogens is 166 g/mol. The zero-order chi connectivity index (χ0) is 7.56. The van der Waals surface area contributed by atoms with E-state index < -0.39 is 0 Å². The third-order valence-corrected chi connectivity index (χ3v) is 2.94. The summed E-state index contributed by atoms with van der Waals surface area (Å²) in [6.45, 7) is 4.09. The van der Waals surface area contributed by atoms with Crippen molar-refractivity contribution in [3.63, 3.8) is 0 Å². The zero-order valence-electron chi connectivity index (χ0n) is 6.15. The Hall–Kier alpha value is -0.0800. The van der Waals surface area contributed by atoms with E-state index in [4.69, 9.17) is 11.6 Å². The van der Waals surface area contributed by atoms with Crippen LogP contribution in [-0.2, 0) is 6.42 Å². The van der Waals surface area contributed by atoms with Crippen molar-refractivity contribution in [2.24, 2.45) is 0 Å². The molecule has 0 aliphatic rings. The Bertz CT molecular complexity index is 219. The van der Waals surface area contributed by atoms with E-state index in [0.29, 0.717) is 0 Å². The Labute approximate surface area is 70.2 Å². The summed E-state index contributed by atoms with van der Waals surface area (Å²) in [7, 11) is 0. The standard InChI is InChI=1S/C7H10ClNS/c1-3-4-6-7(8)5(2)9-10-6/h3-4H2,1-2H3. The molecule has 0 unspecified atom stereocenters. The van der Waals surface area contributed by atoms with Gasteiger partial charge in [-0.15, -0.1) is 0 Å². The lowest BCUT2D eigenvalue weighted by Crippen LogP contribution is -1.76. The number of aryl methyl sites for hydroxylation is 2. The van der Waals surface area contributed by atoms with E-state index in [0.717, 1.165) is 23.6 Å². The van der Waals surface area contributed by atoms with Crippen LogP contribution in [0.4, 0.5) is 0 Å². The van der Waals surface area contributed by atoms with Crippen molar-refractivity contribution in [3.8, 4) is 0 Å². The van der Waals surface area contributed by atoms with Crippen LogP contribution < -0.4 is 0 Å². The first-order valence-electron chi connectivity index (χ1n) is 3.36. The summed E-state index contributed by atoms with van der Waals surface area (Å²) in [6.07, 6.45) is 2.20. The van der Waals surface area contributed by atoms with E-state index in [1.54, 1.807) is 0 Å². The first-order chi connectivity index (χ1) is 4.75. The summed E-state index contributed by atoms with van der Waals surface area (Å²) in [5.41, 5.74) is 0.968. The van der Waals surface area contributed by atoms with Crippen LogP contribution in [-0.4, -0.2) is 4.37 Å². The summed E-state index contributed by atoms with van der Waals surface area (Å²) >= 11 is 7.45. The molecule has 0 N–H and O–H groups in total. The Balaban J connectivity index is 2.83. The van der Waals surface area contributed by atoms with Crippen molar-refractivity contribution < 1.29 is 0 Å². The number of nitrogens with zero attached hydrogens (tertiary/aromatic N) is 1. The molecule has 0 atom stereocenters. The van der Waals surface area contributed by atoms with Gasteiger partial charge in [0, 0.05) is 4.88 Å². The third-order valence-electron chi connectivity index (χ3n) is 1.33. The SMILES string of the molecule is CCCc1snc(C)c1Cl. The molecule has 0 bridgehead atoms. The fraction of sp³-hybridized carbons (Fsp3) is 0.571. The van der Waals surface area contributed by atoms with Crippen LogP contribution in [0, 0.1) is 6.92 Å². The van der Waals surface area contributed by atoms with E-state index in [-0.39, 0.29) is 0 Å². The molecule has 3 heteroatoms. The zero-order valence-corrected chi connectivity index (χ0v) is 7.72. The molecular formula is C7H10ClNS. The topological polar surface area (TPSA) is 12.9 Å². The summed E-state index contributed by atoms with van der Waals surface area (Å²) in [6, 6.07) is 0. The van der Waals surface area contributed by atoms with Gasteiger partial charge in [0.25, 0.3) is 0 Å². The van der Waals surface area contributed by atoms with E-state index in [1.165, 1.54) is 16.4 Å². The summed E-state index contributed by atoms with van der Waals surface area (Å²) in [4.78, 5) is 1.22. The highest BCUT2D eigenvalue weighted by Crippen LogP contribution is 2.24. The molecule has 0 amide bonds. The van der Waals surface area contributed by atoms with Gasteiger partial charge in [0.05, 0.1) is 10.7 Å². The lowest BCUT2D eigenvalue weighted by Gasteiger charge is -1.90. The fourth-order valence-electron chi connectivity index (χ4n) is 0.788. The minimum atomic E-state index is 0.867. The monoisotopic (exact) mass is 175 g/mol. The van der Waals surface area contributed by atoms with E-state index >= 15 is 0 Å². The van der Waals surface area contributed by atoms with Gasteiger partial charge in [-0.1, -0.05) is 24.9 Å². The smallest absolute Gasteiger partial charge is 0.0774 e. The Morgan fingerprint density at radius 2 is 2.30 bits per heavy atom. The first kappa shape index (κ1) is 8.02. The average Bonchev–Trinajstić information content (AvgIpc) is 2.20. The molecule has 0 fully saturated rings. The van der Waals surface area contributed by atoms with Gasteiger partial charge in [-0.2, -0.15) is 4.37 Å². The van der Waals surface area contributed by atoms with Crippen LogP contribution in [0.25, 0.3) is 0 Å². The van der Waals surface area contributed by atoms with Crippen LogP contribution in [0.2, 0.25) is 5.02 Å². The van der Waals surface area contributed by atoms with E-state index in [2.05, 4.69) is 11.3 Å². The average molecular weight is 176 g/mol. The van der Waals surface area contributed by atoms with Crippen LogP contribution >= 0.6 is 23.1 Å². The molecule has 0 saturated carbocycles. The van der Waals surface area contributed by atoms with Crippen molar-refractivity contribution in [1.82, 2.24) is 4.37 Å². The number of halogens is 1.